The molecule has 2 aromatic heterocycles. The summed E-state index contributed by atoms with van der Waals surface area (Å²) in [4.78, 5) is 20.1. The molecular formula is C14H10Cl2FeN2O. The Kier molecular flexibility index (Phi) is 7.10. The van der Waals surface area contributed by atoms with Crippen LogP contribution < -0.4 is 24.8 Å². The fourth-order valence-corrected chi connectivity index (χ4v) is 1.92. The largest absolute Gasteiger partial charge is 2.00 e. The molecule has 0 aliphatic carbocycles. The second-order valence-electron chi connectivity index (χ2n) is 3.97. The van der Waals surface area contributed by atoms with Gasteiger partial charge in [0.2, 0.25) is 0 Å². The molecule has 0 aliphatic heterocycles. The van der Waals surface area contributed by atoms with Crippen LogP contribution in [0.1, 0.15) is 17.4 Å². The number of ketones is 1. The van der Waals surface area contributed by atoms with E-state index in [-0.39, 0.29) is 47.7 Å². The first kappa shape index (κ1) is 18.8. The molecule has 0 aliphatic rings. The molecule has 0 radical (unpaired) electrons. The maximum Gasteiger partial charge on any atom is 2.00 e. The molecule has 20 heavy (non-hydrogen) atoms. The van der Waals surface area contributed by atoms with Crippen LogP contribution in [0.2, 0.25) is 0 Å². The number of fused-ring (bicyclic) bond motifs is 3. The summed E-state index contributed by atoms with van der Waals surface area (Å²) < 4.78 is 0. The third-order valence-corrected chi connectivity index (χ3v) is 2.79. The van der Waals surface area contributed by atoms with Crippen LogP contribution in [0.5, 0.6) is 0 Å². The van der Waals surface area contributed by atoms with Crippen molar-refractivity contribution in [2.45, 2.75) is 6.92 Å². The van der Waals surface area contributed by atoms with Crippen LogP contribution in [0.15, 0.2) is 42.6 Å². The van der Waals surface area contributed by atoms with Crippen molar-refractivity contribution in [2.24, 2.45) is 0 Å². The maximum atomic E-state index is 11.3. The van der Waals surface area contributed by atoms with Gasteiger partial charge in [-0.05, 0) is 12.1 Å². The smallest absolute Gasteiger partial charge is 1.00 e. The minimum atomic E-state index is -0.0279. The van der Waals surface area contributed by atoms with Gasteiger partial charge in [-0.1, -0.05) is 24.3 Å². The van der Waals surface area contributed by atoms with Crippen LogP contribution in [-0.2, 0) is 17.1 Å². The van der Waals surface area contributed by atoms with Crippen molar-refractivity contribution >= 4 is 27.6 Å². The molecule has 3 rings (SSSR count). The Balaban J connectivity index is 0.00000120. The van der Waals surface area contributed by atoms with Crippen molar-refractivity contribution in [3.63, 3.8) is 0 Å². The minimum absolute atomic E-state index is 0. The molecule has 6 heteroatoms. The first-order chi connectivity index (χ1) is 8.25. The summed E-state index contributed by atoms with van der Waals surface area (Å²) >= 11 is 0. The van der Waals surface area contributed by atoms with Gasteiger partial charge in [0.15, 0.2) is 5.78 Å². The van der Waals surface area contributed by atoms with Crippen molar-refractivity contribution in [3.8, 4) is 0 Å². The number of halogens is 2. The first-order valence-corrected chi connectivity index (χ1v) is 5.41. The summed E-state index contributed by atoms with van der Waals surface area (Å²) in [5.41, 5.74) is 2.11. The Bertz CT molecular complexity index is 749. The summed E-state index contributed by atoms with van der Waals surface area (Å²) in [6.45, 7) is 1.52. The Morgan fingerprint density at radius 1 is 0.950 bits per heavy atom. The summed E-state index contributed by atoms with van der Waals surface area (Å²) in [7, 11) is 0. The van der Waals surface area contributed by atoms with Gasteiger partial charge in [0.05, 0.1) is 11.0 Å². The molecule has 0 amide bonds. The number of nitrogens with zero attached hydrogens (tertiary/aromatic N) is 2. The molecule has 1 aromatic carbocycles. The molecule has 0 fully saturated rings. The molecule has 3 nitrogen and oxygen atoms in total. The summed E-state index contributed by atoms with van der Waals surface area (Å²) in [5.74, 6) is -0.0279. The monoisotopic (exact) mass is 348 g/mol. The van der Waals surface area contributed by atoms with Crippen molar-refractivity contribution in [2.75, 3.05) is 0 Å². The fourth-order valence-electron chi connectivity index (χ4n) is 1.92. The van der Waals surface area contributed by atoms with E-state index < -0.39 is 0 Å². The summed E-state index contributed by atoms with van der Waals surface area (Å²) in [6.07, 6.45) is 1.74. The van der Waals surface area contributed by atoms with Gasteiger partial charge in [-0.25, -0.2) is 4.98 Å². The number of carbonyl (C=O) groups is 1. The predicted octanol–water partition coefficient (Wildman–Crippen LogP) is -3.01. The number of carbonyl (C=O) groups excluding carboxylic acids is 1. The second kappa shape index (κ2) is 7.55. The van der Waals surface area contributed by atoms with Gasteiger partial charge in [-0.2, -0.15) is 0 Å². The Labute approximate surface area is 139 Å². The van der Waals surface area contributed by atoms with Crippen LogP contribution in [-0.4, -0.2) is 15.8 Å². The van der Waals surface area contributed by atoms with E-state index in [1.54, 1.807) is 12.3 Å². The van der Waals surface area contributed by atoms with E-state index in [4.69, 9.17) is 0 Å². The topological polar surface area (TPSA) is 42.9 Å². The molecule has 0 N–H and O–H groups in total. The zero-order chi connectivity index (χ0) is 11.8. The maximum absolute atomic E-state index is 11.3. The second-order valence-corrected chi connectivity index (χ2v) is 3.97. The van der Waals surface area contributed by atoms with E-state index in [1.807, 2.05) is 30.3 Å². The van der Waals surface area contributed by atoms with E-state index in [2.05, 4.69) is 9.97 Å². The number of rotatable bonds is 1. The molecule has 0 saturated heterocycles. The molecule has 0 saturated carbocycles. The molecule has 3 aromatic rings. The molecule has 2 heterocycles. The third kappa shape index (κ3) is 3.28. The van der Waals surface area contributed by atoms with E-state index >= 15 is 0 Å². The molecule has 0 bridgehead atoms. The van der Waals surface area contributed by atoms with Crippen LogP contribution in [0.4, 0.5) is 0 Å². The molecule has 104 valence electrons. The Morgan fingerprint density at radius 3 is 2.20 bits per heavy atom. The number of pyridine rings is 2. The van der Waals surface area contributed by atoms with Gasteiger partial charge in [-0.3, -0.25) is 9.78 Å². The van der Waals surface area contributed by atoms with Gasteiger partial charge >= 0.3 is 17.1 Å². The van der Waals surface area contributed by atoms with Gasteiger partial charge in [0.25, 0.3) is 0 Å². The van der Waals surface area contributed by atoms with Crippen LogP contribution in [0.25, 0.3) is 21.8 Å². The molecular weight excluding hydrogens is 339 g/mol. The average molecular weight is 349 g/mol. The predicted molar refractivity (Wildman–Crippen MR) is 67.0 cm³/mol. The van der Waals surface area contributed by atoms with Gasteiger partial charge in [0, 0.05) is 23.9 Å². The SMILES string of the molecule is CC(=O)c1ccc2ccc3cccnc3c2n1.[Cl-].[Cl-].[Fe+2]. The first-order valence-electron chi connectivity index (χ1n) is 5.41. The van der Waals surface area contributed by atoms with Crippen LogP contribution >= 0.6 is 0 Å². The minimum Gasteiger partial charge on any atom is -1.00 e. The van der Waals surface area contributed by atoms with Crippen molar-refractivity contribution in [3.05, 3.63) is 48.3 Å². The fraction of sp³-hybridized carbons (Fsp3) is 0.0714. The van der Waals surface area contributed by atoms with Gasteiger partial charge < -0.3 is 24.8 Å². The van der Waals surface area contributed by atoms with Gasteiger partial charge in [-0.15, -0.1) is 0 Å². The normalized spacial score (nSPS) is 9.25. The number of hydrogen-bond donors (Lipinski definition) is 0. The van der Waals surface area contributed by atoms with Crippen molar-refractivity contribution < 1.29 is 46.7 Å². The zero-order valence-electron chi connectivity index (χ0n) is 10.5. The van der Waals surface area contributed by atoms with Crippen LogP contribution in [0, 0.1) is 0 Å². The molecule has 0 atom stereocenters. The summed E-state index contributed by atoms with van der Waals surface area (Å²) in [6, 6.07) is 11.6. The van der Waals surface area contributed by atoms with E-state index in [1.165, 1.54) is 6.92 Å². The third-order valence-electron chi connectivity index (χ3n) is 2.79. The Morgan fingerprint density at radius 2 is 1.55 bits per heavy atom. The average Bonchev–Trinajstić information content (AvgIpc) is 2.38. The van der Waals surface area contributed by atoms with E-state index in [0.717, 1.165) is 21.8 Å². The zero-order valence-corrected chi connectivity index (χ0v) is 13.1. The van der Waals surface area contributed by atoms with Gasteiger partial charge in [0.1, 0.15) is 5.69 Å². The molecule has 0 unspecified atom stereocenters. The van der Waals surface area contributed by atoms with Crippen molar-refractivity contribution in [1.29, 1.82) is 0 Å². The summed E-state index contributed by atoms with van der Waals surface area (Å²) in [5, 5.41) is 2.04. The quantitative estimate of drug-likeness (QED) is 0.267. The number of Topliss-reactive ketones (excluding diaryl/α,β-unsaturated/α-hetero) is 1. The number of hydrogen-bond acceptors (Lipinski definition) is 3. The van der Waals surface area contributed by atoms with E-state index in [0.29, 0.717) is 5.69 Å². The number of benzene rings is 1. The number of aromatic nitrogens is 2. The standard InChI is InChI=1S/C14H10N2O.2ClH.Fe/c1-9(17)12-7-6-11-5-4-10-3-2-8-15-13(10)14(11)16-12;;;/h2-8H,1H3;2*1H;/q;;;+2/p-2. The van der Waals surface area contributed by atoms with Crippen molar-refractivity contribution in [1.82, 2.24) is 9.97 Å². The van der Waals surface area contributed by atoms with E-state index in [9.17, 15) is 4.79 Å². The van der Waals surface area contributed by atoms with Crippen LogP contribution in [0.3, 0.4) is 0 Å². The molecule has 0 spiro atoms. The Hall–Kier alpha value is -1.19.